The minimum Gasteiger partial charge on any atom is -0.478 e. The van der Waals surface area contributed by atoms with E-state index in [1.54, 1.807) is 11.0 Å². The van der Waals surface area contributed by atoms with Gasteiger partial charge in [-0.2, -0.15) is 0 Å². The summed E-state index contributed by atoms with van der Waals surface area (Å²) in [5.41, 5.74) is 1.57. The van der Waals surface area contributed by atoms with Crippen molar-refractivity contribution in [3.8, 4) is 5.88 Å². The second kappa shape index (κ2) is 7.86. The maximum absolute atomic E-state index is 13.4. The predicted molar refractivity (Wildman–Crippen MR) is 105 cm³/mol. The SMILES string of the molecule is COc1nc2cc(F)ccc2nc1NC(=O)N1CCN(c2cccc(F)c2)CC1. The highest BCUT2D eigenvalue weighted by Gasteiger charge is 2.23. The molecule has 0 aliphatic carbocycles. The van der Waals surface area contributed by atoms with Crippen LogP contribution in [0.5, 0.6) is 5.88 Å². The Kier molecular flexibility index (Phi) is 5.11. The lowest BCUT2D eigenvalue weighted by Gasteiger charge is -2.36. The Bertz CT molecular complexity index is 1050. The van der Waals surface area contributed by atoms with Crippen LogP contribution in [0, 0.1) is 11.6 Å². The molecule has 150 valence electrons. The molecule has 0 spiro atoms. The van der Waals surface area contributed by atoms with Crippen LogP contribution in [0.1, 0.15) is 0 Å². The summed E-state index contributed by atoms with van der Waals surface area (Å²) >= 11 is 0. The van der Waals surface area contributed by atoms with Crippen LogP contribution in [-0.2, 0) is 0 Å². The van der Waals surface area contributed by atoms with Crippen LogP contribution < -0.4 is 15.0 Å². The number of carbonyl (C=O) groups excluding carboxylic acids is 1. The molecule has 9 heteroatoms. The number of rotatable bonds is 3. The lowest BCUT2D eigenvalue weighted by atomic mass is 10.2. The van der Waals surface area contributed by atoms with E-state index in [1.807, 2.05) is 11.0 Å². The van der Waals surface area contributed by atoms with Gasteiger partial charge in [0, 0.05) is 37.9 Å². The Morgan fingerprint density at radius 3 is 2.48 bits per heavy atom. The van der Waals surface area contributed by atoms with Gasteiger partial charge >= 0.3 is 6.03 Å². The Balaban J connectivity index is 1.45. The molecule has 1 N–H and O–H groups in total. The number of nitrogens with one attached hydrogen (secondary N) is 1. The zero-order valence-electron chi connectivity index (χ0n) is 15.7. The van der Waals surface area contributed by atoms with Gasteiger partial charge in [-0.3, -0.25) is 5.32 Å². The van der Waals surface area contributed by atoms with Gasteiger partial charge in [-0.1, -0.05) is 6.07 Å². The normalized spacial score (nSPS) is 14.2. The fourth-order valence-electron chi connectivity index (χ4n) is 3.26. The zero-order valence-corrected chi connectivity index (χ0v) is 15.7. The largest absolute Gasteiger partial charge is 0.478 e. The number of hydrogen-bond acceptors (Lipinski definition) is 5. The fourth-order valence-corrected chi connectivity index (χ4v) is 3.26. The maximum Gasteiger partial charge on any atom is 0.323 e. The summed E-state index contributed by atoms with van der Waals surface area (Å²) in [6.07, 6.45) is 0. The van der Waals surface area contributed by atoms with Crippen molar-refractivity contribution in [2.24, 2.45) is 0 Å². The number of nitrogens with zero attached hydrogens (tertiary/aromatic N) is 4. The van der Waals surface area contributed by atoms with Crippen LogP contribution in [0.4, 0.5) is 25.1 Å². The molecule has 1 fully saturated rings. The van der Waals surface area contributed by atoms with E-state index in [9.17, 15) is 13.6 Å². The summed E-state index contributed by atoms with van der Waals surface area (Å²) in [7, 11) is 1.41. The van der Waals surface area contributed by atoms with Crippen molar-refractivity contribution in [2.45, 2.75) is 0 Å². The minimum absolute atomic E-state index is 0.106. The molecule has 0 bridgehead atoms. The molecule has 2 amide bonds. The number of ether oxygens (including phenoxy) is 1. The number of anilines is 2. The molecular formula is C20H19F2N5O2. The lowest BCUT2D eigenvalue weighted by Crippen LogP contribution is -2.50. The van der Waals surface area contributed by atoms with Crippen LogP contribution in [0.3, 0.4) is 0 Å². The quantitative estimate of drug-likeness (QED) is 0.732. The van der Waals surface area contributed by atoms with E-state index in [2.05, 4.69) is 15.3 Å². The molecule has 7 nitrogen and oxygen atoms in total. The van der Waals surface area contributed by atoms with Gasteiger partial charge in [0.2, 0.25) is 0 Å². The van der Waals surface area contributed by atoms with Crippen molar-refractivity contribution in [3.05, 3.63) is 54.1 Å². The minimum atomic E-state index is -0.429. The van der Waals surface area contributed by atoms with Crippen LogP contribution in [0.15, 0.2) is 42.5 Å². The van der Waals surface area contributed by atoms with Gasteiger partial charge in [0.25, 0.3) is 5.88 Å². The second-order valence-corrected chi connectivity index (χ2v) is 6.60. The molecule has 0 unspecified atom stereocenters. The van der Waals surface area contributed by atoms with Gasteiger partial charge < -0.3 is 14.5 Å². The van der Waals surface area contributed by atoms with Crippen molar-refractivity contribution < 1.29 is 18.3 Å². The first kappa shape index (κ1) is 18.9. The summed E-state index contributed by atoms with van der Waals surface area (Å²) in [6.45, 7) is 2.10. The first-order chi connectivity index (χ1) is 14.0. The highest BCUT2D eigenvalue weighted by atomic mass is 19.1. The molecule has 2 heterocycles. The summed E-state index contributed by atoms with van der Waals surface area (Å²) in [4.78, 5) is 24.9. The number of benzene rings is 2. The topological polar surface area (TPSA) is 70.6 Å². The van der Waals surface area contributed by atoms with E-state index in [4.69, 9.17) is 4.74 Å². The summed E-state index contributed by atoms with van der Waals surface area (Å²) < 4.78 is 32.0. The molecular weight excluding hydrogens is 380 g/mol. The number of fused-ring (bicyclic) bond motifs is 1. The highest BCUT2D eigenvalue weighted by Crippen LogP contribution is 2.24. The molecule has 0 atom stereocenters. The number of urea groups is 1. The Morgan fingerprint density at radius 1 is 1.00 bits per heavy atom. The van der Waals surface area contributed by atoms with E-state index < -0.39 is 5.82 Å². The van der Waals surface area contributed by atoms with Gasteiger partial charge in [0.05, 0.1) is 18.1 Å². The Hall–Kier alpha value is -3.49. The van der Waals surface area contributed by atoms with Crippen molar-refractivity contribution in [1.82, 2.24) is 14.9 Å². The van der Waals surface area contributed by atoms with Gasteiger partial charge in [0.1, 0.15) is 11.6 Å². The average molecular weight is 399 g/mol. The maximum atomic E-state index is 13.4. The van der Waals surface area contributed by atoms with Gasteiger partial charge in [0.15, 0.2) is 5.82 Å². The molecule has 29 heavy (non-hydrogen) atoms. The number of halogens is 2. The van der Waals surface area contributed by atoms with Crippen molar-refractivity contribution in [2.75, 3.05) is 43.5 Å². The molecule has 0 saturated carbocycles. The summed E-state index contributed by atoms with van der Waals surface area (Å²) in [5, 5.41) is 2.72. The number of amides is 2. The van der Waals surface area contributed by atoms with Crippen molar-refractivity contribution in [3.63, 3.8) is 0 Å². The molecule has 2 aromatic carbocycles. The lowest BCUT2D eigenvalue weighted by molar-refractivity contribution is 0.208. The van der Waals surface area contributed by atoms with Gasteiger partial charge in [-0.15, -0.1) is 0 Å². The molecule has 1 aliphatic rings. The van der Waals surface area contributed by atoms with E-state index in [0.717, 1.165) is 5.69 Å². The number of hydrogen-bond donors (Lipinski definition) is 1. The Labute approximate surface area is 165 Å². The van der Waals surface area contributed by atoms with E-state index in [-0.39, 0.29) is 23.5 Å². The number of methoxy groups -OCH3 is 1. The van der Waals surface area contributed by atoms with E-state index >= 15 is 0 Å². The van der Waals surface area contributed by atoms with Crippen LogP contribution in [0.2, 0.25) is 0 Å². The van der Waals surface area contributed by atoms with Crippen LogP contribution >= 0.6 is 0 Å². The van der Waals surface area contributed by atoms with E-state index in [1.165, 1.54) is 37.4 Å². The van der Waals surface area contributed by atoms with E-state index in [0.29, 0.717) is 37.2 Å². The third kappa shape index (κ3) is 4.03. The molecule has 1 aliphatic heterocycles. The van der Waals surface area contributed by atoms with Crippen molar-refractivity contribution >= 4 is 28.6 Å². The van der Waals surface area contributed by atoms with Crippen LogP contribution in [-0.4, -0.2) is 54.2 Å². The first-order valence-corrected chi connectivity index (χ1v) is 9.11. The monoisotopic (exact) mass is 399 g/mol. The Morgan fingerprint density at radius 2 is 1.76 bits per heavy atom. The molecule has 0 radical (unpaired) electrons. The third-order valence-electron chi connectivity index (χ3n) is 4.75. The third-order valence-corrected chi connectivity index (χ3v) is 4.75. The van der Waals surface area contributed by atoms with Crippen LogP contribution in [0.25, 0.3) is 11.0 Å². The second-order valence-electron chi connectivity index (χ2n) is 6.60. The van der Waals surface area contributed by atoms with Gasteiger partial charge in [-0.25, -0.2) is 23.5 Å². The molecule has 4 rings (SSSR count). The smallest absolute Gasteiger partial charge is 0.323 e. The molecule has 1 aromatic heterocycles. The number of aromatic nitrogens is 2. The van der Waals surface area contributed by atoms with Gasteiger partial charge in [-0.05, 0) is 30.3 Å². The number of carbonyl (C=O) groups is 1. The first-order valence-electron chi connectivity index (χ1n) is 9.11. The average Bonchev–Trinajstić information content (AvgIpc) is 2.73. The molecule has 3 aromatic rings. The zero-order chi connectivity index (χ0) is 20.4. The van der Waals surface area contributed by atoms with Crippen molar-refractivity contribution in [1.29, 1.82) is 0 Å². The highest BCUT2D eigenvalue weighted by molar-refractivity contribution is 5.91. The summed E-state index contributed by atoms with van der Waals surface area (Å²) in [5.74, 6) is -0.439. The predicted octanol–water partition coefficient (Wildman–Crippen LogP) is 3.27. The molecule has 1 saturated heterocycles. The standard InChI is InChI=1S/C20H19F2N5O2/c1-29-19-18(23-16-6-5-14(22)12-17(16)24-19)25-20(28)27-9-7-26(8-10-27)15-4-2-3-13(21)11-15/h2-6,11-12H,7-10H2,1H3,(H,23,25,28). The summed E-state index contributed by atoms with van der Waals surface area (Å²) in [6, 6.07) is 10.1. The fraction of sp³-hybridized carbons (Fsp3) is 0.250. The number of piperazine rings is 1.